The Kier molecular flexibility index (Phi) is 4.81. The van der Waals surface area contributed by atoms with E-state index >= 15 is 0 Å². The van der Waals surface area contributed by atoms with E-state index in [1.807, 2.05) is 65.7 Å². The molecule has 3 heterocycles. The van der Waals surface area contributed by atoms with E-state index in [0.717, 1.165) is 48.0 Å². The van der Waals surface area contributed by atoms with Gasteiger partial charge in [0, 0.05) is 30.2 Å². The van der Waals surface area contributed by atoms with Crippen LogP contribution in [0.1, 0.15) is 23.7 Å². The van der Waals surface area contributed by atoms with E-state index in [0.29, 0.717) is 11.1 Å². The first kappa shape index (κ1) is 18.0. The summed E-state index contributed by atoms with van der Waals surface area (Å²) in [4.78, 5) is 18.3. The van der Waals surface area contributed by atoms with E-state index in [9.17, 15) is 4.79 Å². The second-order valence-corrected chi connectivity index (χ2v) is 8.12. The van der Waals surface area contributed by atoms with Crippen molar-refractivity contribution in [2.75, 3.05) is 13.1 Å². The fourth-order valence-electron chi connectivity index (χ4n) is 3.71. The summed E-state index contributed by atoms with van der Waals surface area (Å²) in [7, 11) is 0. The van der Waals surface area contributed by atoms with E-state index < -0.39 is 5.25 Å². The van der Waals surface area contributed by atoms with Crippen LogP contribution in [-0.4, -0.2) is 39.1 Å². The largest absolute Gasteiger partial charge is 0.411 e. The van der Waals surface area contributed by atoms with Crippen molar-refractivity contribution in [3.8, 4) is 11.5 Å². The Labute approximate surface area is 172 Å². The van der Waals surface area contributed by atoms with Crippen molar-refractivity contribution in [2.45, 2.75) is 23.3 Å². The number of nitrogens with zero attached hydrogens (tertiary/aromatic N) is 3. The molecule has 0 saturated carbocycles. The average Bonchev–Trinajstić information content (AvgIpc) is 3.52. The molecule has 0 aliphatic carbocycles. The van der Waals surface area contributed by atoms with Gasteiger partial charge in [-0.3, -0.25) is 4.79 Å². The predicted molar refractivity (Wildman–Crippen MR) is 112 cm³/mol. The van der Waals surface area contributed by atoms with Gasteiger partial charge < -0.3 is 14.3 Å². The second kappa shape index (κ2) is 7.75. The normalized spacial score (nSPS) is 15.1. The van der Waals surface area contributed by atoms with Gasteiger partial charge in [0.1, 0.15) is 5.25 Å². The monoisotopic (exact) mass is 404 g/mol. The van der Waals surface area contributed by atoms with Gasteiger partial charge in [0.2, 0.25) is 5.91 Å². The fourth-order valence-corrected chi connectivity index (χ4v) is 4.67. The molecule has 2 aromatic heterocycles. The number of likely N-dealkylation sites (tertiary alicyclic amines) is 1. The van der Waals surface area contributed by atoms with Crippen molar-refractivity contribution in [1.82, 2.24) is 20.1 Å². The van der Waals surface area contributed by atoms with Crippen molar-refractivity contribution < 1.29 is 9.21 Å². The third-order valence-electron chi connectivity index (χ3n) is 5.19. The Bertz CT molecular complexity index is 1130. The van der Waals surface area contributed by atoms with E-state index in [1.54, 1.807) is 0 Å². The number of carbonyl (C=O) groups excluding carboxylic acids is 1. The van der Waals surface area contributed by atoms with Crippen LogP contribution < -0.4 is 0 Å². The third kappa shape index (κ3) is 3.53. The van der Waals surface area contributed by atoms with Gasteiger partial charge in [-0.25, -0.2) is 0 Å². The van der Waals surface area contributed by atoms with Crippen molar-refractivity contribution >= 4 is 28.6 Å². The van der Waals surface area contributed by atoms with Crippen molar-refractivity contribution in [3.63, 3.8) is 0 Å². The number of aromatic nitrogens is 3. The molecule has 146 valence electrons. The average molecular weight is 404 g/mol. The lowest BCUT2D eigenvalue weighted by Gasteiger charge is -2.22. The molecule has 1 N–H and O–H groups in total. The van der Waals surface area contributed by atoms with Crippen LogP contribution in [0.4, 0.5) is 0 Å². The summed E-state index contributed by atoms with van der Waals surface area (Å²) in [6.07, 6.45) is 3.99. The van der Waals surface area contributed by atoms with E-state index in [1.165, 1.54) is 11.8 Å². The predicted octanol–water partition coefficient (Wildman–Crippen LogP) is 4.67. The molecule has 1 fully saturated rings. The zero-order valence-electron chi connectivity index (χ0n) is 15.7. The summed E-state index contributed by atoms with van der Waals surface area (Å²) in [5, 5.41) is 9.47. The maximum atomic E-state index is 13.2. The molecule has 0 spiro atoms. The van der Waals surface area contributed by atoms with Gasteiger partial charge in [-0.2, -0.15) is 0 Å². The van der Waals surface area contributed by atoms with E-state index in [2.05, 4.69) is 15.2 Å². The van der Waals surface area contributed by atoms with Gasteiger partial charge in [-0.05, 0) is 36.2 Å². The number of H-pyrrole nitrogens is 1. The molecule has 1 atom stereocenters. The minimum atomic E-state index is -0.398. The number of hydrogen-bond donors (Lipinski definition) is 1. The molecule has 7 heteroatoms. The minimum Gasteiger partial charge on any atom is -0.411 e. The Balaban J connectivity index is 1.44. The summed E-state index contributed by atoms with van der Waals surface area (Å²) in [5.74, 6) is 0.552. The Morgan fingerprint density at radius 2 is 1.79 bits per heavy atom. The highest BCUT2D eigenvalue weighted by Crippen LogP contribution is 2.38. The van der Waals surface area contributed by atoms with Crippen LogP contribution >= 0.6 is 11.8 Å². The van der Waals surface area contributed by atoms with E-state index in [4.69, 9.17) is 4.42 Å². The second-order valence-electron chi connectivity index (χ2n) is 7.06. The summed E-state index contributed by atoms with van der Waals surface area (Å²) in [6.45, 7) is 1.63. The molecule has 0 unspecified atom stereocenters. The molecule has 1 amide bonds. The highest BCUT2D eigenvalue weighted by molar-refractivity contribution is 8.00. The standard InChI is InChI=1S/C22H20N4O2S/c27-21(26-12-6-7-13-26)19(15-8-2-1-3-9-15)29-22-25-24-20(28-22)17-14-23-18-11-5-4-10-16(17)18/h1-5,8-11,14,19,23H,6-7,12-13H2/t19-/m0/s1. The lowest BCUT2D eigenvalue weighted by molar-refractivity contribution is -0.129. The molecule has 0 radical (unpaired) electrons. The molecular formula is C22H20N4O2S. The van der Waals surface area contributed by atoms with Crippen molar-refractivity contribution in [2.24, 2.45) is 0 Å². The van der Waals surface area contributed by atoms with E-state index in [-0.39, 0.29) is 5.91 Å². The highest BCUT2D eigenvalue weighted by Gasteiger charge is 2.30. The van der Waals surface area contributed by atoms with Crippen LogP contribution in [0.5, 0.6) is 0 Å². The van der Waals surface area contributed by atoms with Gasteiger partial charge in [0.05, 0.1) is 5.56 Å². The number of hydrogen-bond acceptors (Lipinski definition) is 5. The zero-order valence-corrected chi connectivity index (χ0v) is 16.6. The van der Waals surface area contributed by atoms with Crippen LogP contribution in [0.25, 0.3) is 22.4 Å². The quantitative estimate of drug-likeness (QED) is 0.489. The summed E-state index contributed by atoms with van der Waals surface area (Å²) < 4.78 is 5.95. The van der Waals surface area contributed by atoms with Gasteiger partial charge in [0.25, 0.3) is 11.1 Å². The maximum absolute atomic E-state index is 13.2. The number of aromatic amines is 1. The molecule has 29 heavy (non-hydrogen) atoms. The maximum Gasteiger partial charge on any atom is 0.277 e. The lowest BCUT2D eigenvalue weighted by atomic mass is 10.1. The summed E-state index contributed by atoms with van der Waals surface area (Å²) in [6, 6.07) is 17.8. The first-order valence-corrected chi connectivity index (χ1v) is 10.6. The number of rotatable bonds is 5. The molecule has 6 nitrogen and oxygen atoms in total. The molecule has 4 aromatic rings. The first-order chi connectivity index (χ1) is 14.3. The fraction of sp³-hybridized carbons (Fsp3) is 0.227. The summed E-state index contributed by atoms with van der Waals surface area (Å²) in [5.41, 5.74) is 2.82. The molecule has 0 bridgehead atoms. The smallest absolute Gasteiger partial charge is 0.277 e. The third-order valence-corrected chi connectivity index (χ3v) is 6.27. The molecule has 5 rings (SSSR count). The zero-order chi connectivity index (χ0) is 19.6. The van der Waals surface area contributed by atoms with Crippen LogP contribution in [0.3, 0.4) is 0 Å². The molecule has 1 aliphatic rings. The number of nitrogens with one attached hydrogen (secondary N) is 1. The number of fused-ring (bicyclic) bond motifs is 1. The van der Waals surface area contributed by atoms with Crippen molar-refractivity contribution in [1.29, 1.82) is 0 Å². The topological polar surface area (TPSA) is 75.0 Å². The van der Waals surface area contributed by atoms with Crippen LogP contribution in [-0.2, 0) is 4.79 Å². The van der Waals surface area contributed by atoms with Crippen LogP contribution in [0, 0.1) is 0 Å². The van der Waals surface area contributed by atoms with Crippen LogP contribution in [0.15, 0.2) is 70.4 Å². The number of thioether (sulfide) groups is 1. The Morgan fingerprint density at radius 3 is 2.62 bits per heavy atom. The number of carbonyl (C=O) groups is 1. The number of amides is 1. The number of benzene rings is 2. The molecular weight excluding hydrogens is 384 g/mol. The molecule has 1 saturated heterocycles. The van der Waals surface area contributed by atoms with Crippen molar-refractivity contribution in [3.05, 3.63) is 66.4 Å². The Morgan fingerprint density at radius 1 is 1.03 bits per heavy atom. The molecule has 2 aromatic carbocycles. The van der Waals surface area contributed by atoms with Gasteiger partial charge in [0.15, 0.2) is 0 Å². The number of para-hydroxylation sites is 1. The Hall–Kier alpha value is -3.06. The highest BCUT2D eigenvalue weighted by atomic mass is 32.2. The van der Waals surface area contributed by atoms with Crippen LogP contribution in [0.2, 0.25) is 0 Å². The van der Waals surface area contributed by atoms with Gasteiger partial charge in [-0.15, -0.1) is 10.2 Å². The molecule has 1 aliphatic heterocycles. The van der Waals surface area contributed by atoms with Gasteiger partial charge >= 0.3 is 0 Å². The minimum absolute atomic E-state index is 0.102. The SMILES string of the molecule is O=C([C@@H](Sc1nnc(-c2c[nH]c3ccccc23)o1)c1ccccc1)N1CCCC1. The first-order valence-electron chi connectivity index (χ1n) is 9.70. The summed E-state index contributed by atoms with van der Waals surface area (Å²) >= 11 is 1.32. The lowest BCUT2D eigenvalue weighted by Crippen LogP contribution is -2.31. The van der Waals surface area contributed by atoms with Gasteiger partial charge in [-0.1, -0.05) is 48.5 Å².